The highest BCUT2D eigenvalue weighted by Crippen LogP contribution is 2.36. The van der Waals surface area contributed by atoms with Gasteiger partial charge in [0, 0.05) is 25.6 Å². The molecule has 1 spiro atoms. The zero-order chi connectivity index (χ0) is 15.7. The number of rotatable bonds is 4. The van der Waals surface area contributed by atoms with Crippen molar-refractivity contribution in [3.63, 3.8) is 0 Å². The van der Waals surface area contributed by atoms with Crippen molar-refractivity contribution in [3.05, 3.63) is 0 Å². The van der Waals surface area contributed by atoms with Crippen LogP contribution in [-0.4, -0.2) is 54.5 Å². The molecule has 3 N–H and O–H groups in total. The van der Waals surface area contributed by atoms with Gasteiger partial charge in [-0.1, -0.05) is 6.92 Å². The summed E-state index contributed by atoms with van der Waals surface area (Å²) in [5.74, 6) is 0.545. The van der Waals surface area contributed by atoms with Crippen LogP contribution in [0, 0.1) is 11.8 Å². The van der Waals surface area contributed by atoms with Gasteiger partial charge < -0.3 is 16.0 Å². The number of amides is 4. The largest absolute Gasteiger partial charge is 0.354 e. The second kappa shape index (κ2) is 5.87. The van der Waals surface area contributed by atoms with E-state index < -0.39 is 11.6 Å². The van der Waals surface area contributed by atoms with Crippen molar-refractivity contribution in [2.45, 2.75) is 38.1 Å². The molecule has 0 atom stereocenters. The number of urea groups is 1. The molecule has 1 saturated carbocycles. The quantitative estimate of drug-likeness (QED) is 0.629. The molecule has 3 fully saturated rings. The molecule has 7 heteroatoms. The van der Waals surface area contributed by atoms with E-state index in [2.05, 4.69) is 22.9 Å². The Morgan fingerprint density at radius 1 is 1.32 bits per heavy atom. The Kier molecular flexibility index (Phi) is 4.08. The minimum absolute atomic E-state index is 0.178. The lowest BCUT2D eigenvalue weighted by molar-refractivity contribution is -0.136. The van der Waals surface area contributed by atoms with Crippen LogP contribution in [0.5, 0.6) is 0 Å². The van der Waals surface area contributed by atoms with Crippen molar-refractivity contribution < 1.29 is 14.4 Å². The maximum absolute atomic E-state index is 12.6. The smallest absolute Gasteiger partial charge is 0.325 e. The molecule has 0 aromatic carbocycles. The summed E-state index contributed by atoms with van der Waals surface area (Å²) < 4.78 is 0. The first-order chi connectivity index (χ1) is 10.5. The van der Waals surface area contributed by atoms with Gasteiger partial charge in [0.1, 0.15) is 12.1 Å². The van der Waals surface area contributed by atoms with Crippen LogP contribution in [0.4, 0.5) is 4.79 Å². The van der Waals surface area contributed by atoms with Crippen molar-refractivity contribution in [1.82, 2.24) is 20.9 Å². The molecule has 2 saturated heterocycles. The zero-order valence-corrected chi connectivity index (χ0v) is 13.0. The fourth-order valence-electron chi connectivity index (χ4n) is 3.36. The Balaban J connectivity index is 1.55. The van der Waals surface area contributed by atoms with E-state index >= 15 is 0 Å². The van der Waals surface area contributed by atoms with Crippen LogP contribution < -0.4 is 16.0 Å². The lowest BCUT2D eigenvalue weighted by Crippen LogP contribution is -2.51. The molecule has 0 bridgehead atoms. The standard InChI is InChI=1S/C15H24N4O3/c1-10-2-4-15(5-3-10)13(21)19(14(22)18-15)9-12(20)17-8-11-6-16-7-11/h10-11,16H,2-9H2,1H3,(H,17,20)(H,18,22). The summed E-state index contributed by atoms with van der Waals surface area (Å²) in [5.41, 5.74) is -0.762. The SMILES string of the molecule is CC1CCC2(CC1)NC(=O)N(CC(=O)NCC1CNC1)C2=O. The van der Waals surface area contributed by atoms with Gasteiger partial charge >= 0.3 is 6.03 Å². The molecule has 4 amide bonds. The molecule has 22 heavy (non-hydrogen) atoms. The normalized spacial score (nSPS) is 32.0. The zero-order valence-electron chi connectivity index (χ0n) is 13.0. The highest BCUT2D eigenvalue weighted by atomic mass is 16.2. The molecular formula is C15H24N4O3. The molecule has 2 aliphatic heterocycles. The Labute approximate surface area is 130 Å². The van der Waals surface area contributed by atoms with Crippen LogP contribution >= 0.6 is 0 Å². The fraction of sp³-hybridized carbons (Fsp3) is 0.800. The van der Waals surface area contributed by atoms with Gasteiger partial charge in [-0.25, -0.2) is 4.79 Å². The van der Waals surface area contributed by atoms with Crippen molar-refractivity contribution in [3.8, 4) is 0 Å². The van der Waals surface area contributed by atoms with Gasteiger partial charge in [-0.15, -0.1) is 0 Å². The molecule has 122 valence electrons. The minimum Gasteiger partial charge on any atom is -0.354 e. The van der Waals surface area contributed by atoms with Gasteiger partial charge in [-0.2, -0.15) is 0 Å². The Morgan fingerprint density at radius 2 is 2.00 bits per heavy atom. The molecule has 3 aliphatic rings. The molecule has 3 rings (SSSR count). The van der Waals surface area contributed by atoms with Crippen molar-refractivity contribution >= 4 is 17.8 Å². The molecule has 0 aromatic rings. The third kappa shape index (κ3) is 2.82. The topological polar surface area (TPSA) is 90.5 Å². The number of imide groups is 1. The van der Waals surface area contributed by atoms with E-state index in [9.17, 15) is 14.4 Å². The number of hydrogen-bond acceptors (Lipinski definition) is 4. The van der Waals surface area contributed by atoms with Crippen LogP contribution in [0.2, 0.25) is 0 Å². The van der Waals surface area contributed by atoms with E-state index in [-0.39, 0.29) is 18.4 Å². The maximum Gasteiger partial charge on any atom is 0.325 e. The summed E-state index contributed by atoms with van der Waals surface area (Å²) in [6, 6.07) is -0.431. The van der Waals surface area contributed by atoms with Crippen LogP contribution in [-0.2, 0) is 9.59 Å². The Morgan fingerprint density at radius 3 is 2.59 bits per heavy atom. The maximum atomic E-state index is 12.6. The summed E-state index contributed by atoms with van der Waals surface area (Å²) in [5, 5.41) is 8.76. The fourth-order valence-corrected chi connectivity index (χ4v) is 3.36. The first kappa shape index (κ1) is 15.3. The number of nitrogens with zero attached hydrogens (tertiary/aromatic N) is 1. The summed E-state index contributed by atoms with van der Waals surface area (Å²) in [6.07, 6.45) is 3.21. The average molecular weight is 308 g/mol. The summed E-state index contributed by atoms with van der Waals surface area (Å²) >= 11 is 0. The summed E-state index contributed by atoms with van der Waals surface area (Å²) in [7, 11) is 0. The summed E-state index contributed by atoms with van der Waals surface area (Å²) in [6.45, 7) is 4.39. The van der Waals surface area contributed by atoms with Gasteiger partial charge in [0.2, 0.25) is 5.91 Å². The second-order valence-corrected chi connectivity index (χ2v) is 6.91. The highest BCUT2D eigenvalue weighted by molar-refractivity contribution is 6.09. The van der Waals surface area contributed by atoms with Crippen molar-refractivity contribution in [2.24, 2.45) is 11.8 Å². The minimum atomic E-state index is -0.762. The van der Waals surface area contributed by atoms with Crippen molar-refractivity contribution in [2.75, 3.05) is 26.2 Å². The third-order valence-corrected chi connectivity index (χ3v) is 5.13. The van der Waals surface area contributed by atoms with Gasteiger partial charge in [-0.3, -0.25) is 14.5 Å². The second-order valence-electron chi connectivity index (χ2n) is 6.91. The van der Waals surface area contributed by atoms with E-state index in [1.165, 1.54) is 0 Å². The molecule has 1 aliphatic carbocycles. The lowest BCUT2D eigenvalue weighted by atomic mass is 9.77. The predicted octanol–water partition coefficient (Wildman–Crippen LogP) is -0.177. The Hall–Kier alpha value is -1.63. The van der Waals surface area contributed by atoms with E-state index in [0.29, 0.717) is 31.2 Å². The molecule has 7 nitrogen and oxygen atoms in total. The van der Waals surface area contributed by atoms with Crippen LogP contribution in [0.25, 0.3) is 0 Å². The monoisotopic (exact) mass is 308 g/mol. The van der Waals surface area contributed by atoms with Crippen LogP contribution in [0.3, 0.4) is 0 Å². The van der Waals surface area contributed by atoms with Gasteiger partial charge in [-0.05, 0) is 31.6 Å². The molecular weight excluding hydrogens is 284 g/mol. The van der Waals surface area contributed by atoms with Gasteiger partial charge in [0.15, 0.2) is 0 Å². The summed E-state index contributed by atoms with van der Waals surface area (Å²) in [4.78, 5) is 37.7. The number of hydrogen-bond donors (Lipinski definition) is 3. The van der Waals surface area contributed by atoms with E-state index in [4.69, 9.17) is 0 Å². The predicted molar refractivity (Wildman–Crippen MR) is 80.0 cm³/mol. The highest BCUT2D eigenvalue weighted by Gasteiger charge is 2.52. The van der Waals surface area contributed by atoms with Crippen molar-refractivity contribution in [1.29, 1.82) is 0 Å². The molecule has 0 aromatic heterocycles. The number of nitrogens with one attached hydrogen (secondary N) is 3. The van der Waals surface area contributed by atoms with E-state index in [1.807, 2.05) is 0 Å². The number of carbonyl (C=O) groups is 3. The lowest BCUT2D eigenvalue weighted by Gasteiger charge is -2.33. The first-order valence-corrected chi connectivity index (χ1v) is 8.12. The Bertz CT molecular complexity index is 481. The van der Waals surface area contributed by atoms with Crippen LogP contribution in [0.1, 0.15) is 32.6 Å². The first-order valence-electron chi connectivity index (χ1n) is 8.12. The number of carbonyl (C=O) groups excluding carboxylic acids is 3. The molecule has 0 radical (unpaired) electrons. The van der Waals surface area contributed by atoms with E-state index in [0.717, 1.165) is 30.8 Å². The average Bonchev–Trinajstić information content (AvgIpc) is 2.65. The van der Waals surface area contributed by atoms with E-state index in [1.54, 1.807) is 0 Å². The van der Waals surface area contributed by atoms with Crippen LogP contribution in [0.15, 0.2) is 0 Å². The molecule has 0 unspecified atom stereocenters. The van der Waals surface area contributed by atoms with Gasteiger partial charge in [0.05, 0.1) is 0 Å². The third-order valence-electron chi connectivity index (χ3n) is 5.13. The molecule has 2 heterocycles. The van der Waals surface area contributed by atoms with Gasteiger partial charge in [0.25, 0.3) is 5.91 Å².